The van der Waals surface area contributed by atoms with Crippen molar-refractivity contribution in [1.82, 2.24) is 9.80 Å². The van der Waals surface area contributed by atoms with Crippen molar-refractivity contribution < 1.29 is 9.90 Å². The molecule has 0 saturated carbocycles. The Morgan fingerprint density at radius 1 is 1.64 bits per heavy atom. The van der Waals surface area contributed by atoms with Gasteiger partial charge in [0.05, 0.1) is 11.6 Å². The van der Waals surface area contributed by atoms with Crippen molar-refractivity contribution in [1.29, 1.82) is 0 Å². The van der Waals surface area contributed by atoms with Gasteiger partial charge in [-0.15, -0.1) is 0 Å². The molecule has 1 amide bonds. The van der Waals surface area contributed by atoms with E-state index in [0.29, 0.717) is 6.54 Å². The zero-order valence-corrected chi connectivity index (χ0v) is 9.45. The van der Waals surface area contributed by atoms with Crippen molar-refractivity contribution in [2.45, 2.75) is 31.9 Å². The molecule has 4 nitrogen and oxygen atoms in total. The summed E-state index contributed by atoms with van der Waals surface area (Å²) >= 11 is 0. The van der Waals surface area contributed by atoms with Gasteiger partial charge < -0.3 is 10.0 Å². The van der Waals surface area contributed by atoms with E-state index in [2.05, 4.69) is 0 Å². The molecule has 1 fully saturated rings. The summed E-state index contributed by atoms with van der Waals surface area (Å²) in [5.74, 6) is 0.164. The SMILES string of the molecule is CN1CCC(N(C)CC(C)(C)O)C1=O. The van der Waals surface area contributed by atoms with Gasteiger partial charge in [-0.2, -0.15) is 0 Å². The van der Waals surface area contributed by atoms with E-state index in [0.717, 1.165) is 13.0 Å². The quantitative estimate of drug-likeness (QED) is 0.693. The molecule has 1 aliphatic heterocycles. The van der Waals surface area contributed by atoms with E-state index < -0.39 is 5.60 Å². The number of carbonyl (C=O) groups is 1. The summed E-state index contributed by atoms with van der Waals surface area (Å²) in [6, 6.07) is -0.0496. The molecule has 0 aliphatic carbocycles. The fraction of sp³-hybridized carbons (Fsp3) is 0.900. The summed E-state index contributed by atoms with van der Waals surface area (Å²) in [5.41, 5.74) is -0.740. The van der Waals surface area contributed by atoms with Gasteiger partial charge in [0, 0.05) is 20.1 Å². The van der Waals surface area contributed by atoms with Crippen LogP contribution < -0.4 is 0 Å². The predicted molar refractivity (Wildman–Crippen MR) is 55.0 cm³/mol. The van der Waals surface area contributed by atoms with Crippen LogP contribution in [0.3, 0.4) is 0 Å². The van der Waals surface area contributed by atoms with E-state index in [1.54, 1.807) is 18.7 Å². The van der Waals surface area contributed by atoms with Crippen LogP contribution in [0.1, 0.15) is 20.3 Å². The lowest BCUT2D eigenvalue weighted by Crippen LogP contribution is -2.45. The number of carbonyl (C=O) groups excluding carboxylic acids is 1. The molecule has 14 heavy (non-hydrogen) atoms. The first-order chi connectivity index (χ1) is 6.31. The molecule has 1 heterocycles. The van der Waals surface area contributed by atoms with Crippen molar-refractivity contribution in [3.63, 3.8) is 0 Å². The number of likely N-dealkylation sites (tertiary alicyclic amines) is 1. The van der Waals surface area contributed by atoms with Gasteiger partial charge in [0.25, 0.3) is 0 Å². The molecular formula is C10H20N2O2. The summed E-state index contributed by atoms with van der Waals surface area (Å²) in [7, 11) is 3.71. The third kappa shape index (κ3) is 2.69. The molecule has 0 aromatic heterocycles. The highest BCUT2D eigenvalue weighted by atomic mass is 16.3. The van der Waals surface area contributed by atoms with Crippen molar-refractivity contribution in [3.05, 3.63) is 0 Å². The topological polar surface area (TPSA) is 43.8 Å². The number of hydrogen-bond acceptors (Lipinski definition) is 3. The molecule has 0 aromatic carbocycles. The van der Waals surface area contributed by atoms with Crippen LogP contribution in [0.2, 0.25) is 0 Å². The van der Waals surface area contributed by atoms with E-state index in [1.807, 2.05) is 19.0 Å². The van der Waals surface area contributed by atoms with Crippen molar-refractivity contribution in [2.24, 2.45) is 0 Å². The predicted octanol–water partition coefficient (Wildman–Crippen LogP) is -0.0802. The van der Waals surface area contributed by atoms with E-state index in [-0.39, 0.29) is 11.9 Å². The first-order valence-electron chi connectivity index (χ1n) is 4.99. The standard InChI is InChI=1S/C10H20N2O2/c1-10(2,14)7-12(4)8-5-6-11(3)9(8)13/h8,14H,5-7H2,1-4H3. The molecular weight excluding hydrogens is 180 g/mol. The monoisotopic (exact) mass is 200 g/mol. The molecule has 0 aromatic rings. The lowest BCUT2D eigenvalue weighted by Gasteiger charge is -2.29. The van der Waals surface area contributed by atoms with Gasteiger partial charge in [-0.25, -0.2) is 0 Å². The zero-order chi connectivity index (χ0) is 10.9. The van der Waals surface area contributed by atoms with Crippen LogP contribution in [0.5, 0.6) is 0 Å². The van der Waals surface area contributed by atoms with Gasteiger partial charge in [-0.05, 0) is 27.3 Å². The number of hydrogen-bond donors (Lipinski definition) is 1. The molecule has 1 N–H and O–H groups in total. The smallest absolute Gasteiger partial charge is 0.239 e. The molecule has 0 spiro atoms. The first kappa shape index (κ1) is 11.5. The second-order valence-electron chi connectivity index (χ2n) is 4.79. The van der Waals surface area contributed by atoms with E-state index in [1.165, 1.54) is 0 Å². The molecule has 0 bridgehead atoms. The highest BCUT2D eigenvalue weighted by molar-refractivity contribution is 5.83. The summed E-state index contributed by atoms with van der Waals surface area (Å²) in [6.07, 6.45) is 0.863. The molecule has 1 aliphatic rings. The number of amides is 1. The lowest BCUT2D eigenvalue weighted by atomic mass is 10.1. The van der Waals surface area contributed by atoms with E-state index in [9.17, 15) is 9.90 Å². The molecule has 1 saturated heterocycles. The second kappa shape index (κ2) is 3.87. The van der Waals surface area contributed by atoms with Crippen LogP contribution in [0, 0.1) is 0 Å². The van der Waals surface area contributed by atoms with Crippen LogP contribution >= 0.6 is 0 Å². The summed E-state index contributed by atoms with van der Waals surface area (Å²) < 4.78 is 0. The van der Waals surface area contributed by atoms with Gasteiger partial charge in [-0.3, -0.25) is 9.69 Å². The second-order valence-corrected chi connectivity index (χ2v) is 4.79. The summed E-state index contributed by atoms with van der Waals surface area (Å²) in [5, 5.41) is 9.63. The number of nitrogens with zero attached hydrogens (tertiary/aromatic N) is 2. The third-order valence-corrected chi connectivity index (χ3v) is 2.57. The van der Waals surface area contributed by atoms with Gasteiger partial charge in [0.1, 0.15) is 0 Å². The molecule has 1 unspecified atom stereocenters. The minimum atomic E-state index is -0.740. The zero-order valence-electron chi connectivity index (χ0n) is 9.45. The minimum absolute atomic E-state index is 0.0496. The molecule has 1 rings (SSSR count). The normalized spacial score (nSPS) is 23.7. The van der Waals surface area contributed by atoms with Crippen molar-refractivity contribution in [3.8, 4) is 0 Å². The maximum atomic E-state index is 11.6. The van der Waals surface area contributed by atoms with Gasteiger partial charge in [0.15, 0.2) is 0 Å². The van der Waals surface area contributed by atoms with Crippen molar-refractivity contribution >= 4 is 5.91 Å². The van der Waals surface area contributed by atoms with Crippen molar-refractivity contribution in [2.75, 3.05) is 27.2 Å². The summed E-state index contributed by atoms with van der Waals surface area (Å²) in [6.45, 7) is 4.86. The molecule has 4 heteroatoms. The van der Waals surface area contributed by atoms with E-state index >= 15 is 0 Å². The third-order valence-electron chi connectivity index (χ3n) is 2.57. The largest absolute Gasteiger partial charge is 0.389 e. The number of likely N-dealkylation sites (N-methyl/N-ethyl adjacent to an activating group) is 2. The van der Waals surface area contributed by atoms with Crippen LogP contribution in [0.4, 0.5) is 0 Å². The Morgan fingerprint density at radius 3 is 2.57 bits per heavy atom. The Kier molecular flexibility index (Phi) is 3.17. The average Bonchev–Trinajstić information content (AvgIpc) is 2.29. The Balaban J connectivity index is 2.54. The fourth-order valence-corrected chi connectivity index (χ4v) is 1.93. The minimum Gasteiger partial charge on any atom is -0.389 e. The van der Waals surface area contributed by atoms with Crippen LogP contribution in [0.25, 0.3) is 0 Å². The highest BCUT2D eigenvalue weighted by Gasteiger charge is 2.33. The van der Waals surface area contributed by atoms with Crippen LogP contribution in [-0.4, -0.2) is 59.6 Å². The van der Waals surface area contributed by atoms with Crippen LogP contribution in [0.15, 0.2) is 0 Å². The highest BCUT2D eigenvalue weighted by Crippen LogP contribution is 2.16. The Labute approximate surface area is 85.5 Å². The maximum absolute atomic E-state index is 11.6. The fourth-order valence-electron chi connectivity index (χ4n) is 1.93. The van der Waals surface area contributed by atoms with Gasteiger partial charge in [0.2, 0.25) is 5.91 Å². The number of rotatable bonds is 3. The Morgan fingerprint density at radius 2 is 2.21 bits per heavy atom. The molecule has 82 valence electrons. The van der Waals surface area contributed by atoms with Crippen LogP contribution in [-0.2, 0) is 4.79 Å². The summed E-state index contributed by atoms with van der Waals surface area (Å²) in [4.78, 5) is 15.3. The first-order valence-corrected chi connectivity index (χ1v) is 4.99. The number of aliphatic hydroxyl groups is 1. The van der Waals surface area contributed by atoms with Gasteiger partial charge in [-0.1, -0.05) is 0 Å². The lowest BCUT2D eigenvalue weighted by molar-refractivity contribution is -0.131. The van der Waals surface area contributed by atoms with Gasteiger partial charge >= 0.3 is 0 Å². The molecule has 1 atom stereocenters. The Hall–Kier alpha value is -0.610. The molecule has 0 radical (unpaired) electrons. The average molecular weight is 200 g/mol. The maximum Gasteiger partial charge on any atom is 0.239 e. The van der Waals surface area contributed by atoms with E-state index in [4.69, 9.17) is 0 Å². The Bertz CT molecular complexity index is 223.